The third-order valence-electron chi connectivity index (χ3n) is 3.62. The minimum absolute atomic E-state index is 0.193. The third-order valence-corrected chi connectivity index (χ3v) is 5.70. The second kappa shape index (κ2) is 7.30. The van der Waals surface area contributed by atoms with Crippen molar-refractivity contribution in [2.45, 2.75) is 18.7 Å². The monoisotopic (exact) mass is 397 g/mol. The predicted molar refractivity (Wildman–Crippen MR) is 97.7 cm³/mol. The summed E-state index contributed by atoms with van der Waals surface area (Å²) in [6.45, 7) is 2.92. The lowest BCUT2D eigenvalue weighted by Crippen LogP contribution is -2.39. The summed E-state index contributed by atoms with van der Waals surface area (Å²) in [5.41, 5.74) is 6.44. The van der Waals surface area contributed by atoms with Crippen LogP contribution in [0.2, 0.25) is 5.02 Å². The zero-order valence-electron chi connectivity index (χ0n) is 14.0. The summed E-state index contributed by atoms with van der Waals surface area (Å²) in [6.07, 6.45) is 0. The largest absolute Gasteiger partial charge is 0.368 e. The molecule has 0 spiro atoms. The van der Waals surface area contributed by atoms with Crippen molar-refractivity contribution in [1.29, 1.82) is 0 Å². The van der Waals surface area contributed by atoms with Crippen molar-refractivity contribution in [3.63, 3.8) is 0 Å². The van der Waals surface area contributed by atoms with E-state index in [1.807, 2.05) is 6.92 Å². The van der Waals surface area contributed by atoms with Gasteiger partial charge in [0.25, 0.3) is 15.7 Å². The Bertz CT molecular complexity index is 991. The molecule has 0 atom stereocenters. The first-order chi connectivity index (χ1) is 12.0. The van der Waals surface area contributed by atoms with Gasteiger partial charge in [-0.25, -0.2) is 8.42 Å². The quantitative estimate of drug-likeness (QED) is 0.592. The number of nitro groups is 1. The first-order valence-electron chi connectivity index (χ1n) is 7.36. The number of nitrogens with two attached hydrogens (primary N) is 1. The number of carbonyl (C=O) groups is 1. The van der Waals surface area contributed by atoms with Gasteiger partial charge in [0.15, 0.2) is 0 Å². The average molecular weight is 398 g/mol. The lowest BCUT2D eigenvalue weighted by atomic mass is 10.1. The van der Waals surface area contributed by atoms with E-state index in [1.165, 1.54) is 0 Å². The minimum Gasteiger partial charge on any atom is -0.368 e. The molecule has 26 heavy (non-hydrogen) atoms. The molecule has 0 aliphatic carbocycles. The van der Waals surface area contributed by atoms with E-state index < -0.39 is 33.1 Å². The maximum absolute atomic E-state index is 13.0. The van der Waals surface area contributed by atoms with Crippen LogP contribution in [0.4, 0.5) is 11.4 Å². The number of hydrogen-bond donors (Lipinski definition) is 1. The molecular formula is C16H16ClN3O5S. The second-order valence-electron chi connectivity index (χ2n) is 5.64. The average Bonchev–Trinajstić information content (AvgIpc) is 2.52. The summed E-state index contributed by atoms with van der Waals surface area (Å²) in [7, 11) is -4.29. The van der Waals surface area contributed by atoms with Gasteiger partial charge in [0.1, 0.15) is 11.6 Å². The molecule has 0 fully saturated rings. The number of amides is 1. The van der Waals surface area contributed by atoms with E-state index in [9.17, 15) is 23.3 Å². The highest BCUT2D eigenvalue weighted by atomic mass is 35.5. The Morgan fingerprint density at radius 2 is 1.88 bits per heavy atom. The van der Waals surface area contributed by atoms with Crippen LogP contribution in [0.1, 0.15) is 11.1 Å². The van der Waals surface area contributed by atoms with Crippen molar-refractivity contribution < 1.29 is 18.1 Å². The number of carbonyl (C=O) groups excluding carboxylic acids is 1. The second-order valence-corrected chi connectivity index (χ2v) is 7.91. The smallest absolute Gasteiger partial charge is 0.289 e. The van der Waals surface area contributed by atoms with Gasteiger partial charge in [-0.1, -0.05) is 29.3 Å². The molecule has 0 saturated heterocycles. The molecule has 0 saturated carbocycles. The first-order valence-corrected chi connectivity index (χ1v) is 9.18. The summed E-state index contributed by atoms with van der Waals surface area (Å²) in [4.78, 5) is 21.4. The van der Waals surface area contributed by atoms with Crippen LogP contribution in [0.3, 0.4) is 0 Å². The van der Waals surface area contributed by atoms with Gasteiger partial charge in [-0.15, -0.1) is 0 Å². The summed E-state index contributed by atoms with van der Waals surface area (Å²) >= 11 is 5.74. The number of anilines is 1. The van der Waals surface area contributed by atoms with Crippen LogP contribution in [-0.4, -0.2) is 25.8 Å². The predicted octanol–water partition coefficient (Wildman–Crippen LogP) is 2.55. The van der Waals surface area contributed by atoms with E-state index in [-0.39, 0.29) is 15.6 Å². The first kappa shape index (κ1) is 19.7. The fraction of sp³-hybridized carbons (Fsp3) is 0.188. The molecule has 2 aromatic rings. The van der Waals surface area contributed by atoms with E-state index in [4.69, 9.17) is 17.3 Å². The zero-order chi connectivity index (χ0) is 19.6. The molecule has 8 nitrogen and oxygen atoms in total. The van der Waals surface area contributed by atoms with Crippen molar-refractivity contribution in [3.05, 3.63) is 62.7 Å². The summed E-state index contributed by atoms with van der Waals surface area (Å²) in [5, 5.41) is 10.9. The fourth-order valence-corrected chi connectivity index (χ4v) is 4.15. The van der Waals surface area contributed by atoms with Gasteiger partial charge in [-0.2, -0.15) is 0 Å². The number of nitro benzene ring substituents is 1. The Morgan fingerprint density at radius 1 is 1.23 bits per heavy atom. The van der Waals surface area contributed by atoms with Crippen molar-refractivity contribution in [2.75, 3.05) is 10.8 Å². The Kier molecular flexibility index (Phi) is 5.53. The standard InChI is InChI=1S/C16H16ClN3O5S/c1-10-3-6-14(11(2)7-10)19(9-16(18)21)26(24,25)12-4-5-13(17)15(8-12)20(22)23/h3-8H,9H2,1-2H3,(H2,18,21). The summed E-state index contributed by atoms with van der Waals surface area (Å²) < 4.78 is 26.9. The normalized spacial score (nSPS) is 11.2. The van der Waals surface area contributed by atoms with Crippen LogP contribution in [0, 0.1) is 24.0 Å². The van der Waals surface area contributed by atoms with E-state index in [0.717, 1.165) is 28.1 Å². The molecule has 1 amide bonds. The summed E-state index contributed by atoms with van der Waals surface area (Å²) in [6, 6.07) is 8.11. The SMILES string of the molecule is Cc1ccc(N(CC(N)=O)S(=O)(=O)c2ccc(Cl)c([N+](=O)[O-])c2)c(C)c1. The molecule has 0 aliphatic heterocycles. The van der Waals surface area contributed by atoms with Gasteiger partial charge in [0.05, 0.1) is 15.5 Å². The van der Waals surface area contributed by atoms with Crippen LogP contribution in [0.25, 0.3) is 0 Å². The minimum atomic E-state index is -4.29. The zero-order valence-corrected chi connectivity index (χ0v) is 15.5. The number of primary amides is 1. The molecule has 0 aromatic heterocycles. The molecule has 2 rings (SSSR count). The Balaban J connectivity index is 2.65. The van der Waals surface area contributed by atoms with E-state index in [2.05, 4.69) is 0 Å². The highest BCUT2D eigenvalue weighted by Crippen LogP contribution is 2.31. The lowest BCUT2D eigenvalue weighted by Gasteiger charge is -2.25. The lowest BCUT2D eigenvalue weighted by molar-refractivity contribution is -0.384. The third kappa shape index (κ3) is 3.94. The van der Waals surface area contributed by atoms with Gasteiger partial charge in [-0.05, 0) is 37.6 Å². The van der Waals surface area contributed by atoms with Crippen LogP contribution >= 0.6 is 11.6 Å². The topological polar surface area (TPSA) is 124 Å². The van der Waals surface area contributed by atoms with Crippen LogP contribution in [0.5, 0.6) is 0 Å². The molecule has 0 heterocycles. The van der Waals surface area contributed by atoms with Crippen molar-refractivity contribution in [1.82, 2.24) is 0 Å². The number of aryl methyl sites for hydroxylation is 2. The fourth-order valence-electron chi connectivity index (χ4n) is 2.45. The number of halogens is 1. The van der Waals surface area contributed by atoms with Gasteiger partial charge < -0.3 is 5.73 Å². The highest BCUT2D eigenvalue weighted by Gasteiger charge is 2.29. The molecule has 10 heteroatoms. The molecule has 0 unspecified atom stereocenters. The Hall–Kier alpha value is -2.65. The van der Waals surface area contributed by atoms with Gasteiger partial charge in [0, 0.05) is 6.07 Å². The maximum atomic E-state index is 13.0. The van der Waals surface area contributed by atoms with Crippen molar-refractivity contribution in [3.8, 4) is 0 Å². The molecule has 138 valence electrons. The Labute approximate surface area is 155 Å². The molecule has 2 aromatic carbocycles. The Morgan fingerprint density at radius 3 is 2.42 bits per heavy atom. The molecule has 2 N–H and O–H groups in total. The molecule has 0 bridgehead atoms. The van der Waals surface area contributed by atoms with E-state index in [0.29, 0.717) is 5.56 Å². The van der Waals surface area contributed by atoms with Gasteiger partial charge in [-0.3, -0.25) is 19.2 Å². The summed E-state index contributed by atoms with van der Waals surface area (Å²) in [5.74, 6) is -0.864. The molecular weight excluding hydrogens is 382 g/mol. The maximum Gasteiger partial charge on any atom is 0.289 e. The number of benzene rings is 2. The van der Waals surface area contributed by atoms with E-state index >= 15 is 0 Å². The number of hydrogen-bond acceptors (Lipinski definition) is 5. The van der Waals surface area contributed by atoms with Crippen LogP contribution < -0.4 is 10.0 Å². The van der Waals surface area contributed by atoms with E-state index in [1.54, 1.807) is 25.1 Å². The van der Waals surface area contributed by atoms with Crippen LogP contribution in [-0.2, 0) is 14.8 Å². The van der Waals surface area contributed by atoms with Crippen LogP contribution in [0.15, 0.2) is 41.3 Å². The van der Waals surface area contributed by atoms with Crippen molar-refractivity contribution >= 4 is 38.9 Å². The molecule has 0 radical (unpaired) electrons. The van der Waals surface area contributed by atoms with Gasteiger partial charge in [0.2, 0.25) is 5.91 Å². The number of nitrogens with zero attached hydrogens (tertiary/aromatic N) is 2. The number of sulfonamides is 1. The highest BCUT2D eigenvalue weighted by molar-refractivity contribution is 7.92. The molecule has 0 aliphatic rings. The number of rotatable bonds is 6. The van der Waals surface area contributed by atoms with Gasteiger partial charge >= 0.3 is 0 Å². The van der Waals surface area contributed by atoms with Crippen molar-refractivity contribution in [2.24, 2.45) is 5.73 Å².